The van der Waals surface area contributed by atoms with E-state index in [-0.39, 0.29) is 18.1 Å². The predicted octanol–water partition coefficient (Wildman–Crippen LogP) is 4.20. The number of anilines is 2. The SMILES string of the molecule is COc1ccc(Br)cc1-c1nc(Cn2nnc(C(=O)Nc3ccc(C)cc3)c2N)c(C)o1. The Kier molecular flexibility index (Phi) is 5.95. The number of hydrogen-bond donors (Lipinski definition) is 2. The van der Waals surface area contributed by atoms with E-state index in [4.69, 9.17) is 14.9 Å². The van der Waals surface area contributed by atoms with E-state index < -0.39 is 5.91 Å². The second kappa shape index (κ2) is 8.83. The van der Waals surface area contributed by atoms with Gasteiger partial charge in [-0.05, 0) is 44.2 Å². The summed E-state index contributed by atoms with van der Waals surface area (Å²) in [5.74, 6) is 1.35. The lowest BCUT2D eigenvalue weighted by atomic mass is 10.2. The molecule has 1 amide bonds. The molecule has 0 aliphatic carbocycles. The van der Waals surface area contributed by atoms with Crippen molar-refractivity contribution in [3.8, 4) is 17.2 Å². The van der Waals surface area contributed by atoms with Gasteiger partial charge in [-0.15, -0.1) is 5.10 Å². The summed E-state index contributed by atoms with van der Waals surface area (Å²) in [6.45, 7) is 3.97. The van der Waals surface area contributed by atoms with Crippen molar-refractivity contribution in [2.75, 3.05) is 18.2 Å². The lowest BCUT2D eigenvalue weighted by Gasteiger charge is -2.05. The highest BCUT2D eigenvalue weighted by molar-refractivity contribution is 9.10. The number of nitrogens with zero attached hydrogens (tertiary/aromatic N) is 4. The number of nitrogens with two attached hydrogens (primary N) is 1. The normalized spacial score (nSPS) is 10.9. The van der Waals surface area contributed by atoms with Crippen molar-refractivity contribution >= 4 is 33.3 Å². The van der Waals surface area contributed by atoms with Crippen molar-refractivity contribution in [2.24, 2.45) is 0 Å². The van der Waals surface area contributed by atoms with Crippen LogP contribution in [-0.2, 0) is 6.54 Å². The van der Waals surface area contributed by atoms with E-state index in [0.717, 1.165) is 10.0 Å². The van der Waals surface area contributed by atoms with Gasteiger partial charge < -0.3 is 20.2 Å². The zero-order valence-electron chi connectivity index (χ0n) is 17.7. The molecule has 10 heteroatoms. The monoisotopic (exact) mass is 496 g/mol. The van der Waals surface area contributed by atoms with Crippen molar-refractivity contribution < 1.29 is 13.9 Å². The van der Waals surface area contributed by atoms with Gasteiger partial charge in [0.05, 0.1) is 19.2 Å². The summed E-state index contributed by atoms with van der Waals surface area (Å²) in [7, 11) is 1.59. The number of aryl methyl sites for hydroxylation is 2. The Labute approximate surface area is 192 Å². The molecule has 9 nitrogen and oxygen atoms in total. The Morgan fingerprint density at radius 3 is 2.69 bits per heavy atom. The smallest absolute Gasteiger partial charge is 0.280 e. The minimum absolute atomic E-state index is 0.0422. The molecule has 0 aliphatic rings. The second-order valence-electron chi connectivity index (χ2n) is 7.17. The molecule has 2 aromatic carbocycles. The molecule has 0 atom stereocenters. The van der Waals surface area contributed by atoms with E-state index in [1.54, 1.807) is 14.0 Å². The van der Waals surface area contributed by atoms with Gasteiger partial charge in [0.1, 0.15) is 17.2 Å². The third-order valence-electron chi connectivity index (χ3n) is 4.88. The molecular weight excluding hydrogens is 476 g/mol. The van der Waals surface area contributed by atoms with E-state index >= 15 is 0 Å². The van der Waals surface area contributed by atoms with Crippen LogP contribution in [0.15, 0.2) is 51.4 Å². The number of benzene rings is 2. The average molecular weight is 497 g/mol. The van der Waals surface area contributed by atoms with Gasteiger partial charge in [-0.2, -0.15) is 0 Å². The highest BCUT2D eigenvalue weighted by Gasteiger charge is 2.21. The molecule has 4 rings (SSSR count). The molecule has 4 aromatic rings. The van der Waals surface area contributed by atoms with Crippen LogP contribution in [-0.4, -0.2) is 33.0 Å². The van der Waals surface area contributed by atoms with Crippen LogP contribution in [0.25, 0.3) is 11.5 Å². The summed E-state index contributed by atoms with van der Waals surface area (Å²) in [6, 6.07) is 13.0. The maximum absolute atomic E-state index is 12.6. The third-order valence-corrected chi connectivity index (χ3v) is 5.38. The topological polar surface area (TPSA) is 121 Å². The summed E-state index contributed by atoms with van der Waals surface area (Å²) in [6.07, 6.45) is 0. The summed E-state index contributed by atoms with van der Waals surface area (Å²) in [5.41, 5.74) is 9.26. The molecule has 0 saturated heterocycles. The standard InChI is InChI=1S/C22H21BrN6O3/c1-12-4-7-15(8-5-12)25-21(30)19-20(24)29(28-27-19)11-17-13(2)32-22(26-17)16-10-14(23)6-9-18(16)31-3/h4-10H,11,24H2,1-3H3,(H,25,30). The first kappa shape index (κ1) is 21.6. The molecule has 3 N–H and O–H groups in total. The van der Waals surface area contributed by atoms with Crippen molar-refractivity contribution in [3.05, 3.63) is 69.6 Å². The third kappa shape index (κ3) is 4.35. The minimum atomic E-state index is -0.436. The fraction of sp³-hybridized carbons (Fsp3) is 0.182. The number of nitrogens with one attached hydrogen (secondary N) is 1. The molecular formula is C22H21BrN6O3. The molecule has 32 heavy (non-hydrogen) atoms. The highest BCUT2D eigenvalue weighted by atomic mass is 79.9. The quantitative estimate of drug-likeness (QED) is 0.410. The lowest BCUT2D eigenvalue weighted by molar-refractivity contribution is 0.102. The van der Waals surface area contributed by atoms with Crippen molar-refractivity contribution in [3.63, 3.8) is 0 Å². The first-order valence-electron chi connectivity index (χ1n) is 9.73. The molecule has 0 saturated carbocycles. The molecule has 2 heterocycles. The maximum atomic E-state index is 12.6. The fourth-order valence-electron chi connectivity index (χ4n) is 3.11. The lowest BCUT2D eigenvalue weighted by Crippen LogP contribution is -2.15. The Balaban J connectivity index is 1.56. The van der Waals surface area contributed by atoms with E-state index in [0.29, 0.717) is 34.3 Å². The van der Waals surface area contributed by atoms with E-state index in [1.807, 2.05) is 49.4 Å². The van der Waals surface area contributed by atoms with Gasteiger partial charge in [-0.25, -0.2) is 9.67 Å². The van der Waals surface area contributed by atoms with Crippen LogP contribution in [0, 0.1) is 13.8 Å². The zero-order valence-corrected chi connectivity index (χ0v) is 19.3. The molecule has 0 bridgehead atoms. The number of oxazole rings is 1. The predicted molar refractivity (Wildman–Crippen MR) is 124 cm³/mol. The number of methoxy groups -OCH3 is 1. The molecule has 0 fully saturated rings. The van der Waals surface area contributed by atoms with Crippen molar-refractivity contribution in [2.45, 2.75) is 20.4 Å². The number of halogens is 1. The Bertz CT molecular complexity index is 1280. The molecule has 164 valence electrons. The first-order chi connectivity index (χ1) is 15.4. The number of aromatic nitrogens is 4. The van der Waals surface area contributed by atoms with Gasteiger partial charge in [-0.1, -0.05) is 38.8 Å². The Hall–Kier alpha value is -3.66. The Morgan fingerprint density at radius 1 is 1.22 bits per heavy atom. The highest BCUT2D eigenvalue weighted by Crippen LogP contribution is 2.33. The van der Waals surface area contributed by atoms with Crippen LogP contribution < -0.4 is 15.8 Å². The largest absolute Gasteiger partial charge is 0.496 e. The van der Waals surface area contributed by atoms with Gasteiger partial charge in [-0.3, -0.25) is 4.79 Å². The number of amides is 1. The summed E-state index contributed by atoms with van der Waals surface area (Å²) < 4.78 is 13.6. The van der Waals surface area contributed by atoms with E-state index in [1.165, 1.54) is 4.68 Å². The molecule has 0 spiro atoms. The van der Waals surface area contributed by atoms with Crippen LogP contribution in [0.2, 0.25) is 0 Å². The average Bonchev–Trinajstić information content (AvgIpc) is 3.32. The molecule has 0 aliphatic heterocycles. The van der Waals surface area contributed by atoms with Crippen LogP contribution in [0.1, 0.15) is 27.5 Å². The zero-order chi connectivity index (χ0) is 22.8. The summed E-state index contributed by atoms with van der Waals surface area (Å²) in [4.78, 5) is 17.2. The maximum Gasteiger partial charge on any atom is 0.280 e. The molecule has 0 radical (unpaired) electrons. The molecule has 2 aromatic heterocycles. The van der Waals surface area contributed by atoms with Crippen LogP contribution in [0.4, 0.5) is 11.5 Å². The summed E-state index contributed by atoms with van der Waals surface area (Å²) >= 11 is 3.45. The van der Waals surface area contributed by atoms with Gasteiger partial charge >= 0.3 is 0 Å². The van der Waals surface area contributed by atoms with Crippen LogP contribution in [0.3, 0.4) is 0 Å². The minimum Gasteiger partial charge on any atom is -0.496 e. The first-order valence-corrected chi connectivity index (χ1v) is 10.5. The van der Waals surface area contributed by atoms with Gasteiger partial charge in [0.25, 0.3) is 5.91 Å². The van der Waals surface area contributed by atoms with Gasteiger partial charge in [0, 0.05) is 10.2 Å². The van der Waals surface area contributed by atoms with E-state index in [9.17, 15) is 4.79 Å². The number of hydrogen-bond acceptors (Lipinski definition) is 7. The number of carbonyl (C=O) groups is 1. The van der Waals surface area contributed by atoms with Crippen molar-refractivity contribution in [1.29, 1.82) is 0 Å². The van der Waals surface area contributed by atoms with Gasteiger partial charge in [0.15, 0.2) is 11.5 Å². The molecule has 0 unspecified atom stereocenters. The number of ether oxygens (including phenoxy) is 1. The van der Waals surface area contributed by atoms with Gasteiger partial charge in [0.2, 0.25) is 5.89 Å². The summed E-state index contributed by atoms with van der Waals surface area (Å²) in [5, 5.41) is 10.7. The number of rotatable bonds is 6. The van der Waals surface area contributed by atoms with E-state index in [2.05, 4.69) is 36.5 Å². The van der Waals surface area contributed by atoms with Crippen LogP contribution >= 0.6 is 15.9 Å². The van der Waals surface area contributed by atoms with Crippen LogP contribution in [0.5, 0.6) is 5.75 Å². The second-order valence-corrected chi connectivity index (χ2v) is 8.08. The fourth-order valence-corrected chi connectivity index (χ4v) is 3.47. The number of nitrogen functional groups attached to an aromatic ring is 1. The Morgan fingerprint density at radius 2 is 1.97 bits per heavy atom. The van der Waals surface area contributed by atoms with Crippen molar-refractivity contribution in [1.82, 2.24) is 20.0 Å². The number of carbonyl (C=O) groups excluding carboxylic acids is 1.